The van der Waals surface area contributed by atoms with Crippen molar-refractivity contribution in [2.24, 2.45) is 0 Å². The lowest BCUT2D eigenvalue weighted by Crippen LogP contribution is -2.09. The number of hydrogen-bond donors (Lipinski definition) is 1. The summed E-state index contributed by atoms with van der Waals surface area (Å²) >= 11 is 3.54. The molecule has 0 fully saturated rings. The fraction of sp³-hybridized carbons (Fsp3) is 0.308. The van der Waals surface area contributed by atoms with E-state index in [4.69, 9.17) is 0 Å². The van der Waals surface area contributed by atoms with Crippen molar-refractivity contribution >= 4 is 15.9 Å². The number of aromatic nitrogens is 2. The molecule has 0 bridgehead atoms. The van der Waals surface area contributed by atoms with Crippen LogP contribution in [0.1, 0.15) is 11.1 Å². The monoisotopic (exact) mass is 293 g/mol. The number of hydrogen-bond acceptors (Lipinski definition) is 2. The lowest BCUT2D eigenvalue weighted by molar-refractivity contribution is 0.791. The summed E-state index contributed by atoms with van der Waals surface area (Å²) in [5.41, 5.74) is 3.56. The standard InChI is InChI=1S/C13H16BrN3/c1-10-3-4-12(7-13(10)14)17-9-11(8-16-17)5-6-15-2/h3-4,7-9,15H,5-6H2,1-2H3. The Kier molecular flexibility index (Phi) is 3.97. The van der Waals surface area contributed by atoms with Crippen LogP contribution >= 0.6 is 15.9 Å². The van der Waals surface area contributed by atoms with Gasteiger partial charge in [0.2, 0.25) is 0 Å². The Morgan fingerprint density at radius 1 is 1.41 bits per heavy atom. The fourth-order valence-corrected chi connectivity index (χ4v) is 1.99. The highest BCUT2D eigenvalue weighted by atomic mass is 79.9. The molecule has 1 N–H and O–H groups in total. The first kappa shape index (κ1) is 12.3. The number of nitrogens with zero attached hydrogens (tertiary/aromatic N) is 2. The molecule has 0 aliphatic heterocycles. The third kappa shape index (κ3) is 2.96. The molecular weight excluding hydrogens is 278 g/mol. The Bertz CT molecular complexity index is 505. The molecular formula is C13H16BrN3. The molecule has 2 rings (SSSR count). The molecule has 0 unspecified atom stereocenters. The SMILES string of the molecule is CNCCc1cnn(-c2ccc(C)c(Br)c2)c1. The fourth-order valence-electron chi connectivity index (χ4n) is 1.62. The normalized spacial score (nSPS) is 10.8. The molecule has 17 heavy (non-hydrogen) atoms. The Morgan fingerprint density at radius 2 is 2.24 bits per heavy atom. The van der Waals surface area contributed by atoms with Crippen molar-refractivity contribution in [3.63, 3.8) is 0 Å². The Hall–Kier alpha value is -1.13. The summed E-state index contributed by atoms with van der Waals surface area (Å²) in [6, 6.07) is 6.26. The van der Waals surface area contributed by atoms with Gasteiger partial charge in [-0.3, -0.25) is 0 Å². The van der Waals surface area contributed by atoms with Crippen LogP contribution in [0.25, 0.3) is 5.69 Å². The lowest BCUT2D eigenvalue weighted by Gasteiger charge is -2.03. The number of aryl methyl sites for hydroxylation is 1. The van der Waals surface area contributed by atoms with Crippen LogP contribution in [-0.2, 0) is 6.42 Å². The van der Waals surface area contributed by atoms with Crippen LogP contribution in [0.3, 0.4) is 0 Å². The average Bonchev–Trinajstić information content (AvgIpc) is 2.79. The number of benzene rings is 1. The van der Waals surface area contributed by atoms with Crippen LogP contribution in [0.4, 0.5) is 0 Å². The molecule has 0 atom stereocenters. The Morgan fingerprint density at radius 3 is 2.94 bits per heavy atom. The van der Waals surface area contributed by atoms with Gasteiger partial charge >= 0.3 is 0 Å². The maximum Gasteiger partial charge on any atom is 0.0657 e. The van der Waals surface area contributed by atoms with E-state index in [0.29, 0.717) is 0 Å². The van der Waals surface area contributed by atoms with Crippen molar-refractivity contribution in [3.8, 4) is 5.69 Å². The molecule has 0 radical (unpaired) electrons. The van der Waals surface area contributed by atoms with Gasteiger partial charge in [-0.15, -0.1) is 0 Å². The summed E-state index contributed by atoms with van der Waals surface area (Å²) in [4.78, 5) is 0. The topological polar surface area (TPSA) is 29.9 Å². The molecule has 3 nitrogen and oxygen atoms in total. The van der Waals surface area contributed by atoms with E-state index in [-0.39, 0.29) is 0 Å². The van der Waals surface area contributed by atoms with Gasteiger partial charge in [-0.2, -0.15) is 5.10 Å². The van der Waals surface area contributed by atoms with Crippen LogP contribution in [0.15, 0.2) is 35.1 Å². The first-order chi connectivity index (χ1) is 8.20. The second-order valence-electron chi connectivity index (χ2n) is 4.08. The molecule has 1 heterocycles. The van der Waals surface area contributed by atoms with Crippen molar-refractivity contribution in [1.29, 1.82) is 0 Å². The zero-order valence-corrected chi connectivity index (χ0v) is 11.7. The molecule has 0 saturated heterocycles. The maximum absolute atomic E-state index is 4.38. The highest BCUT2D eigenvalue weighted by Crippen LogP contribution is 2.19. The van der Waals surface area contributed by atoms with Crippen LogP contribution in [-0.4, -0.2) is 23.4 Å². The molecule has 0 saturated carbocycles. The predicted octanol–water partition coefficient (Wildman–Crippen LogP) is 2.71. The minimum absolute atomic E-state index is 0.975. The van der Waals surface area contributed by atoms with E-state index in [1.54, 1.807) is 0 Å². The van der Waals surface area contributed by atoms with E-state index < -0.39 is 0 Å². The summed E-state index contributed by atoms with van der Waals surface area (Å²) in [6.07, 6.45) is 5.00. The zero-order chi connectivity index (χ0) is 12.3. The van der Waals surface area contributed by atoms with Gasteiger partial charge < -0.3 is 5.32 Å². The number of halogens is 1. The first-order valence-electron chi connectivity index (χ1n) is 5.65. The van der Waals surface area contributed by atoms with E-state index in [1.807, 2.05) is 17.9 Å². The van der Waals surface area contributed by atoms with E-state index in [9.17, 15) is 0 Å². The van der Waals surface area contributed by atoms with Gasteiger partial charge in [0, 0.05) is 10.7 Å². The average molecular weight is 294 g/mol. The third-order valence-electron chi connectivity index (χ3n) is 2.72. The molecule has 4 heteroatoms. The zero-order valence-electron chi connectivity index (χ0n) is 10.1. The van der Waals surface area contributed by atoms with Crippen LogP contribution in [0, 0.1) is 6.92 Å². The number of likely N-dealkylation sites (N-methyl/N-ethyl adjacent to an activating group) is 1. The quantitative estimate of drug-likeness (QED) is 0.939. The van der Waals surface area contributed by atoms with Gasteiger partial charge in [0.05, 0.1) is 11.9 Å². The molecule has 0 aliphatic carbocycles. The predicted molar refractivity (Wildman–Crippen MR) is 73.6 cm³/mol. The lowest BCUT2D eigenvalue weighted by atomic mass is 10.2. The van der Waals surface area contributed by atoms with Crippen molar-refractivity contribution in [2.75, 3.05) is 13.6 Å². The minimum Gasteiger partial charge on any atom is -0.319 e. The van der Waals surface area contributed by atoms with Crippen molar-refractivity contribution in [2.45, 2.75) is 13.3 Å². The Balaban J connectivity index is 2.21. The number of nitrogens with one attached hydrogen (secondary N) is 1. The molecule has 0 spiro atoms. The van der Waals surface area contributed by atoms with Gasteiger partial charge in [-0.1, -0.05) is 22.0 Å². The van der Waals surface area contributed by atoms with Gasteiger partial charge in [0.15, 0.2) is 0 Å². The van der Waals surface area contributed by atoms with E-state index in [2.05, 4.69) is 57.7 Å². The van der Waals surface area contributed by atoms with Gasteiger partial charge in [0.25, 0.3) is 0 Å². The van der Waals surface area contributed by atoms with Crippen molar-refractivity contribution in [1.82, 2.24) is 15.1 Å². The second-order valence-corrected chi connectivity index (χ2v) is 4.93. The van der Waals surface area contributed by atoms with E-state index >= 15 is 0 Å². The van der Waals surface area contributed by atoms with Crippen LogP contribution in [0.5, 0.6) is 0 Å². The smallest absolute Gasteiger partial charge is 0.0657 e. The molecule has 1 aromatic carbocycles. The molecule has 90 valence electrons. The molecule has 0 amide bonds. The maximum atomic E-state index is 4.38. The van der Waals surface area contributed by atoms with Gasteiger partial charge in [-0.05, 0) is 50.2 Å². The Labute approximate surface area is 110 Å². The van der Waals surface area contributed by atoms with Gasteiger partial charge in [-0.25, -0.2) is 4.68 Å². The first-order valence-corrected chi connectivity index (χ1v) is 6.44. The largest absolute Gasteiger partial charge is 0.319 e. The number of rotatable bonds is 4. The highest BCUT2D eigenvalue weighted by molar-refractivity contribution is 9.10. The van der Waals surface area contributed by atoms with Crippen molar-refractivity contribution in [3.05, 3.63) is 46.2 Å². The summed E-state index contributed by atoms with van der Waals surface area (Å²) < 4.78 is 3.03. The van der Waals surface area contributed by atoms with Crippen LogP contribution in [0.2, 0.25) is 0 Å². The third-order valence-corrected chi connectivity index (χ3v) is 3.57. The summed E-state index contributed by atoms with van der Waals surface area (Å²) in [7, 11) is 1.96. The van der Waals surface area contributed by atoms with E-state index in [0.717, 1.165) is 23.1 Å². The van der Waals surface area contributed by atoms with Gasteiger partial charge in [0.1, 0.15) is 0 Å². The summed E-state index contributed by atoms with van der Waals surface area (Å²) in [5.74, 6) is 0. The molecule has 0 aliphatic rings. The van der Waals surface area contributed by atoms with Crippen LogP contribution < -0.4 is 5.32 Å². The molecule has 2 aromatic rings. The highest BCUT2D eigenvalue weighted by Gasteiger charge is 2.02. The van der Waals surface area contributed by atoms with E-state index in [1.165, 1.54) is 11.1 Å². The second kappa shape index (κ2) is 5.47. The summed E-state index contributed by atoms with van der Waals surface area (Å²) in [5, 5.41) is 7.52. The minimum atomic E-state index is 0.975. The van der Waals surface area contributed by atoms with Crippen molar-refractivity contribution < 1.29 is 0 Å². The summed E-state index contributed by atoms with van der Waals surface area (Å²) in [6.45, 7) is 3.05. The molecule has 1 aromatic heterocycles.